The van der Waals surface area contributed by atoms with E-state index in [-0.39, 0.29) is 18.4 Å². The van der Waals surface area contributed by atoms with Crippen LogP contribution >= 0.6 is 0 Å². The highest BCUT2D eigenvalue weighted by molar-refractivity contribution is 5.92. The molecule has 3 amide bonds. The third kappa shape index (κ3) is 8.75. The van der Waals surface area contributed by atoms with E-state index >= 15 is 0 Å². The fourth-order valence-corrected chi connectivity index (χ4v) is 2.94. The lowest BCUT2D eigenvalue weighted by Gasteiger charge is -2.26. The van der Waals surface area contributed by atoms with Gasteiger partial charge in [-0.1, -0.05) is 64.4 Å². The summed E-state index contributed by atoms with van der Waals surface area (Å²) in [6, 6.07) is 6.47. The summed E-state index contributed by atoms with van der Waals surface area (Å²) in [5.41, 5.74) is 6.80. The number of nitrogens with one attached hydrogen (secondary N) is 3. The molecule has 1 aromatic carbocycles. The van der Waals surface area contributed by atoms with Gasteiger partial charge in [0.25, 0.3) is 0 Å². The maximum absolute atomic E-state index is 12.6. The van der Waals surface area contributed by atoms with E-state index in [0.717, 1.165) is 5.56 Å². The zero-order valence-corrected chi connectivity index (χ0v) is 18.6. The molecule has 0 saturated carbocycles. The summed E-state index contributed by atoms with van der Waals surface area (Å²) in [4.78, 5) is 48.5. The lowest BCUT2D eigenvalue weighted by atomic mass is 9.97. The Morgan fingerprint density at radius 1 is 0.968 bits per heavy atom. The van der Waals surface area contributed by atoms with Crippen molar-refractivity contribution in [2.45, 2.75) is 58.7 Å². The average molecular weight is 435 g/mol. The molecule has 6 N–H and O–H groups in total. The summed E-state index contributed by atoms with van der Waals surface area (Å²) in [7, 11) is 0. The molecule has 31 heavy (non-hydrogen) atoms. The van der Waals surface area contributed by atoms with Gasteiger partial charge in [0, 0.05) is 0 Å². The first kappa shape index (κ1) is 26.1. The van der Waals surface area contributed by atoms with Gasteiger partial charge in [-0.2, -0.15) is 0 Å². The quantitative estimate of drug-likeness (QED) is 0.322. The average Bonchev–Trinajstić information content (AvgIpc) is 2.73. The largest absolute Gasteiger partial charge is 0.480 e. The smallest absolute Gasteiger partial charge is 0.326 e. The molecule has 1 aromatic rings. The zero-order valence-electron chi connectivity index (χ0n) is 18.6. The number of carboxylic acids is 1. The second kappa shape index (κ2) is 12.7. The van der Waals surface area contributed by atoms with Crippen molar-refractivity contribution in [2.75, 3.05) is 6.54 Å². The molecule has 0 aromatic heterocycles. The molecule has 0 aliphatic heterocycles. The van der Waals surface area contributed by atoms with Gasteiger partial charge >= 0.3 is 5.97 Å². The maximum Gasteiger partial charge on any atom is 0.326 e. The maximum atomic E-state index is 12.6. The fraction of sp³-hybridized carbons (Fsp3) is 0.545. The van der Waals surface area contributed by atoms with Gasteiger partial charge in [0.05, 0.1) is 12.6 Å². The fourth-order valence-electron chi connectivity index (χ4n) is 2.94. The molecule has 0 fully saturated rings. The summed E-state index contributed by atoms with van der Waals surface area (Å²) < 4.78 is 0. The summed E-state index contributed by atoms with van der Waals surface area (Å²) in [6.07, 6.45) is 0.905. The molecule has 0 aliphatic rings. The molecule has 9 nitrogen and oxygen atoms in total. The summed E-state index contributed by atoms with van der Waals surface area (Å²) in [5.74, 6) is -3.31. The van der Waals surface area contributed by atoms with Crippen molar-refractivity contribution in [1.29, 1.82) is 0 Å². The lowest BCUT2D eigenvalue weighted by Crippen LogP contribution is -2.56. The van der Waals surface area contributed by atoms with Crippen LogP contribution in [-0.2, 0) is 25.6 Å². The molecule has 0 aliphatic carbocycles. The van der Waals surface area contributed by atoms with Crippen LogP contribution in [0.5, 0.6) is 0 Å². The molecule has 0 spiro atoms. The first-order valence-corrected chi connectivity index (χ1v) is 10.5. The molecule has 1 rings (SSSR count). The summed E-state index contributed by atoms with van der Waals surface area (Å²) >= 11 is 0. The Morgan fingerprint density at radius 2 is 1.58 bits per heavy atom. The molecule has 172 valence electrons. The van der Waals surface area contributed by atoms with E-state index in [0.29, 0.717) is 12.8 Å². The molecule has 4 atom stereocenters. The van der Waals surface area contributed by atoms with Crippen LogP contribution in [-0.4, -0.2) is 53.5 Å². The number of hydrogen-bond donors (Lipinski definition) is 5. The Hall–Kier alpha value is -2.94. The molecular formula is C22H34N4O5. The van der Waals surface area contributed by atoms with Crippen molar-refractivity contribution in [3.8, 4) is 0 Å². The van der Waals surface area contributed by atoms with Crippen LogP contribution in [0.2, 0.25) is 0 Å². The third-order valence-electron chi connectivity index (χ3n) is 5.10. The van der Waals surface area contributed by atoms with E-state index in [1.54, 1.807) is 20.8 Å². The number of aliphatic carboxylic acids is 1. The lowest BCUT2D eigenvalue weighted by molar-refractivity contribution is -0.144. The summed E-state index contributed by atoms with van der Waals surface area (Å²) in [5, 5.41) is 16.9. The first-order valence-electron chi connectivity index (χ1n) is 10.5. The van der Waals surface area contributed by atoms with Gasteiger partial charge in [0.2, 0.25) is 17.7 Å². The molecule has 0 bridgehead atoms. The number of carboxylic acid groups (broad SMARTS) is 1. The monoisotopic (exact) mass is 434 g/mol. The molecular weight excluding hydrogens is 400 g/mol. The van der Waals surface area contributed by atoms with Gasteiger partial charge in [-0.25, -0.2) is 4.79 Å². The zero-order chi connectivity index (χ0) is 23.6. The van der Waals surface area contributed by atoms with Gasteiger partial charge in [0.15, 0.2) is 0 Å². The van der Waals surface area contributed by atoms with Crippen molar-refractivity contribution in [1.82, 2.24) is 16.0 Å². The Morgan fingerprint density at radius 3 is 2.10 bits per heavy atom. The standard InChI is InChI=1S/C22H34N4O5/c1-5-14(4)19(22(30)31)26-21(29)18(13(2)3)25-17(27)12-24-20(28)16(23)11-15-9-7-6-8-10-15/h6-10,13-14,16,18-19H,5,11-12,23H2,1-4H3,(H,24,28)(H,25,27)(H,26,29)(H,30,31). The number of rotatable bonds is 12. The normalized spacial score (nSPS) is 14.8. The van der Waals surface area contributed by atoms with E-state index in [9.17, 15) is 24.3 Å². The minimum atomic E-state index is -1.13. The predicted octanol–water partition coefficient (Wildman–Crippen LogP) is 0.429. The van der Waals surface area contributed by atoms with Gasteiger partial charge < -0.3 is 26.8 Å². The van der Waals surface area contributed by atoms with Crippen LogP contribution in [0.3, 0.4) is 0 Å². The van der Waals surface area contributed by atoms with E-state index in [1.807, 2.05) is 37.3 Å². The number of carbonyl (C=O) groups is 4. The molecule has 0 saturated heterocycles. The predicted molar refractivity (Wildman–Crippen MR) is 117 cm³/mol. The van der Waals surface area contributed by atoms with Crippen LogP contribution in [0.4, 0.5) is 0 Å². The van der Waals surface area contributed by atoms with Crippen LogP contribution < -0.4 is 21.7 Å². The van der Waals surface area contributed by atoms with Crippen LogP contribution in [0, 0.1) is 11.8 Å². The minimum absolute atomic E-state index is 0.268. The topological polar surface area (TPSA) is 151 Å². The molecule has 0 radical (unpaired) electrons. The second-order valence-corrected chi connectivity index (χ2v) is 8.01. The van der Waals surface area contributed by atoms with E-state index in [1.165, 1.54) is 0 Å². The number of hydrogen-bond acceptors (Lipinski definition) is 5. The van der Waals surface area contributed by atoms with Crippen molar-refractivity contribution in [3.63, 3.8) is 0 Å². The molecule has 0 heterocycles. The van der Waals surface area contributed by atoms with Crippen LogP contribution in [0.15, 0.2) is 30.3 Å². The van der Waals surface area contributed by atoms with Crippen molar-refractivity contribution < 1.29 is 24.3 Å². The van der Waals surface area contributed by atoms with E-state index in [4.69, 9.17) is 5.73 Å². The third-order valence-corrected chi connectivity index (χ3v) is 5.10. The highest BCUT2D eigenvalue weighted by Gasteiger charge is 2.31. The SMILES string of the molecule is CCC(C)C(NC(=O)C(NC(=O)CNC(=O)C(N)Cc1ccccc1)C(C)C)C(=O)O. The van der Waals surface area contributed by atoms with E-state index < -0.39 is 41.8 Å². The molecule has 9 heteroatoms. The number of nitrogens with two attached hydrogens (primary N) is 1. The number of benzene rings is 1. The second-order valence-electron chi connectivity index (χ2n) is 8.01. The Kier molecular flexibility index (Phi) is 10.7. The Balaban J connectivity index is 2.61. The van der Waals surface area contributed by atoms with Gasteiger partial charge in [-0.15, -0.1) is 0 Å². The van der Waals surface area contributed by atoms with Gasteiger partial charge in [-0.3, -0.25) is 14.4 Å². The highest BCUT2D eigenvalue weighted by atomic mass is 16.4. The Bertz CT molecular complexity index is 754. The van der Waals surface area contributed by atoms with Crippen molar-refractivity contribution >= 4 is 23.7 Å². The Labute approximate surface area is 183 Å². The highest BCUT2D eigenvalue weighted by Crippen LogP contribution is 2.10. The first-order chi connectivity index (χ1) is 14.6. The number of amides is 3. The molecule has 4 unspecified atom stereocenters. The minimum Gasteiger partial charge on any atom is -0.480 e. The van der Waals surface area contributed by atoms with Crippen molar-refractivity contribution in [2.24, 2.45) is 17.6 Å². The van der Waals surface area contributed by atoms with Gasteiger partial charge in [-0.05, 0) is 23.8 Å². The van der Waals surface area contributed by atoms with Gasteiger partial charge in [0.1, 0.15) is 12.1 Å². The summed E-state index contributed by atoms with van der Waals surface area (Å²) in [6.45, 7) is 6.69. The van der Waals surface area contributed by atoms with Crippen LogP contribution in [0.1, 0.15) is 39.7 Å². The number of carbonyl (C=O) groups excluding carboxylic acids is 3. The van der Waals surface area contributed by atoms with Crippen molar-refractivity contribution in [3.05, 3.63) is 35.9 Å². The van der Waals surface area contributed by atoms with E-state index in [2.05, 4.69) is 16.0 Å². The van der Waals surface area contributed by atoms with Crippen LogP contribution in [0.25, 0.3) is 0 Å².